The van der Waals surface area contributed by atoms with Crippen molar-refractivity contribution in [2.45, 2.75) is 26.7 Å². The van der Waals surface area contributed by atoms with Crippen molar-refractivity contribution in [2.75, 3.05) is 6.61 Å². The molecule has 1 heterocycles. The van der Waals surface area contributed by atoms with Crippen molar-refractivity contribution in [3.8, 4) is 0 Å². The molecule has 1 unspecified atom stereocenters. The van der Waals surface area contributed by atoms with Gasteiger partial charge in [-0.05, 0) is 38.3 Å². The van der Waals surface area contributed by atoms with E-state index in [0.29, 0.717) is 12.8 Å². The summed E-state index contributed by atoms with van der Waals surface area (Å²) in [6.45, 7) is 3.60. The molecule has 15 heavy (non-hydrogen) atoms. The zero-order chi connectivity index (χ0) is 11.3. The van der Waals surface area contributed by atoms with Gasteiger partial charge in [0.25, 0.3) is 0 Å². The quantitative estimate of drug-likeness (QED) is 0.796. The van der Waals surface area contributed by atoms with Crippen LogP contribution in [0.3, 0.4) is 0 Å². The van der Waals surface area contributed by atoms with Crippen LogP contribution in [0.4, 0.5) is 0 Å². The maximum absolute atomic E-state index is 11.3. The molecule has 0 aliphatic carbocycles. The van der Waals surface area contributed by atoms with Gasteiger partial charge in [-0.3, -0.25) is 9.78 Å². The third-order valence-corrected chi connectivity index (χ3v) is 2.61. The predicted molar refractivity (Wildman–Crippen MR) is 58.6 cm³/mol. The van der Waals surface area contributed by atoms with E-state index in [1.807, 2.05) is 19.1 Å². The average Bonchev–Trinajstić information content (AvgIpc) is 2.20. The van der Waals surface area contributed by atoms with Gasteiger partial charge >= 0.3 is 0 Å². The zero-order valence-electron chi connectivity index (χ0n) is 9.23. The highest BCUT2D eigenvalue weighted by Gasteiger charge is 2.15. The van der Waals surface area contributed by atoms with E-state index in [1.165, 1.54) is 0 Å². The van der Waals surface area contributed by atoms with Crippen molar-refractivity contribution in [3.05, 3.63) is 29.6 Å². The molecule has 3 heteroatoms. The van der Waals surface area contributed by atoms with Gasteiger partial charge in [-0.1, -0.05) is 6.07 Å². The second kappa shape index (κ2) is 5.61. The van der Waals surface area contributed by atoms with Crippen LogP contribution in [0.15, 0.2) is 18.3 Å². The van der Waals surface area contributed by atoms with Gasteiger partial charge in [-0.2, -0.15) is 0 Å². The lowest BCUT2D eigenvalue weighted by molar-refractivity contribution is -0.121. The first kappa shape index (κ1) is 11.9. The first-order chi connectivity index (χ1) is 7.15. The molecular formula is C12H17NO2. The molecule has 0 radical (unpaired) electrons. The molecule has 1 atom stereocenters. The summed E-state index contributed by atoms with van der Waals surface area (Å²) < 4.78 is 0. The van der Waals surface area contributed by atoms with Gasteiger partial charge in [0.05, 0.1) is 0 Å². The highest BCUT2D eigenvalue weighted by Crippen LogP contribution is 2.14. The minimum atomic E-state index is -0.108. The van der Waals surface area contributed by atoms with Crippen LogP contribution in [-0.2, 0) is 11.2 Å². The predicted octanol–water partition coefficient (Wildman–Crippen LogP) is 1.52. The standard InChI is InChI=1S/C12H17NO2/c1-9-4-3-6-13-12(9)8-11(5-7-14)10(2)15/h3-4,6,11,14H,5,7-8H2,1-2H3. The Morgan fingerprint density at radius 2 is 2.33 bits per heavy atom. The van der Waals surface area contributed by atoms with E-state index in [0.717, 1.165) is 11.3 Å². The maximum atomic E-state index is 11.3. The third kappa shape index (κ3) is 3.44. The van der Waals surface area contributed by atoms with Gasteiger partial charge in [0.15, 0.2) is 0 Å². The number of rotatable bonds is 5. The molecule has 0 bridgehead atoms. The van der Waals surface area contributed by atoms with Crippen LogP contribution in [-0.4, -0.2) is 22.5 Å². The molecule has 1 rings (SSSR count). The molecule has 1 aromatic rings. The molecule has 0 saturated carbocycles. The lowest BCUT2D eigenvalue weighted by Gasteiger charge is -2.12. The van der Waals surface area contributed by atoms with E-state index in [2.05, 4.69) is 4.98 Å². The molecule has 1 aromatic heterocycles. The van der Waals surface area contributed by atoms with Gasteiger partial charge in [0.1, 0.15) is 5.78 Å². The highest BCUT2D eigenvalue weighted by atomic mass is 16.3. The summed E-state index contributed by atoms with van der Waals surface area (Å²) in [5.41, 5.74) is 2.05. The number of ketones is 1. The Kier molecular flexibility index (Phi) is 4.43. The topological polar surface area (TPSA) is 50.2 Å². The summed E-state index contributed by atoms with van der Waals surface area (Å²) in [6.07, 6.45) is 2.88. The lowest BCUT2D eigenvalue weighted by atomic mass is 9.94. The highest BCUT2D eigenvalue weighted by molar-refractivity contribution is 5.78. The van der Waals surface area contributed by atoms with Crippen molar-refractivity contribution >= 4 is 5.78 Å². The summed E-state index contributed by atoms with van der Waals surface area (Å²) in [6, 6.07) is 3.87. The van der Waals surface area contributed by atoms with Crippen LogP contribution in [0.25, 0.3) is 0 Å². The first-order valence-electron chi connectivity index (χ1n) is 5.17. The summed E-state index contributed by atoms with van der Waals surface area (Å²) in [5.74, 6) is 0.0118. The minimum Gasteiger partial charge on any atom is -0.396 e. The van der Waals surface area contributed by atoms with Gasteiger partial charge in [-0.15, -0.1) is 0 Å². The number of Topliss-reactive ketones (excluding diaryl/α,β-unsaturated/α-hetero) is 1. The number of carbonyl (C=O) groups is 1. The van der Waals surface area contributed by atoms with Crippen molar-refractivity contribution in [1.82, 2.24) is 4.98 Å². The normalized spacial score (nSPS) is 12.5. The SMILES string of the molecule is CC(=O)C(CCO)Cc1ncccc1C. The van der Waals surface area contributed by atoms with Crippen LogP contribution in [0.1, 0.15) is 24.6 Å². The minimum absolute atomic E-state index is 0.0517. The number of aliphatic hydroxyl groups excluding tert-OH is 1. The van der Waals surface area contributed by atoms with Crippen molar-refractivity contribution in [1.29, 1.82) is 0 Å². The number of aromatic nitrogens is 1. The van der Waals surface area contributed by atoms with Gasteiger partial charge < -0.3 is 5.11 Å². The Labute approximate surface area is 90.2 Å². The lowest BCUT2D eigenvalue weighted by Crippen LogP contribution is -2.16. The Morgan fingerprint density at radius 3 is 2.87 bits per heavy atom. The van der Waals surface area contributed by atoms with E-state index >= 15 is 0 Å². The first-order valence-corrected chi connectivity index (χ1v) is 5.17. The van der Waals surface area contributed by atoms with Crippen LogP contribution in [0.5, 0.6) is 0 Å². The van der Waals surface area contributed by atoms with Crippen LogP contribution in [0.2, 0.25) is 0 Å². The molecule has 0 saturated heterocycles. The van der Waals surface area contributed by atoms with Crippen molar-refractivity contribution < 1.29 is 9.90 Å². The van der Waals surface area contributed by atoms with Crippen molar-refractivity contribution in [2.24, 2.45) is 5.92 Å². The number of nitrogens with zero attached hydrogens (tertiary/aromatic N) is 1. The fraction of sp³-hybridized carbons (Fsp3) is 0.500. The molecule has 1 N–H and O–H groups in total. The van der Waals surface area contributed by atoms with E-state index in [9.17, 15) is 4.79 Å². The number of carbonyl (C=O) groups excluding carboxylic acids is 1. The van der Waals surface area contributed by atoms with Crippen LogP contribution >= 0.6 is 0 Å². The zero-order valence-corrected chi connectivity index (χ0v) is 9.23. The summed E-state index contributed by atoms with van der Waals surface area (Å²) in [4.78, 5) is 15.6. The number of aliphatic hydroxyl groups is 1. The van der Waals surface area contributed by atoms with Gasteiger partial charge in [-0.25, -0.2) is 0 Å². The van der Waals surface area contributed by atoms with Gasteiger partial charge in [0, 0.05) is 24.4 Å². The monoisotopic (exact) mass is 207 g/mol. The number of hydrogen-bond donors (Lipinski definition) is 1. The smallest absolute Gasteiger partial charge is 0.133 e. The average molecular weight is 207 g/mol. The van der Waals surface area contributed by atoms with E-state index < -0.39 is 0 Å². The Morgan fingerprint density at radius 1 is 1.60 bits per heavy atom. The third-order valence-electron chi connectivity index (χ3n) is 2.61. The molecule has 0 spiro atoms. The summed E-state index contributed by atoms with van der Waals surface area (Å²) in [5, 5.41) is 8.86. The number of pyridine rings is 1. The molecular weight excluding hydrogens is 190 g/mol. The maximum Gasteiger partial charge on any atom is 0.133 e. The second-order valence-electron chi connectivity index (χ2n) is 3.79. The fourth-order valence-corrected chi connectivity index (χ4v) is 1.57. The number of aryl methyl sites for hydroxylation is 1. The van der Waals surface area contributed by atoms with Crippen LogP contribution in [0, 0.1) is 12.8 Å². The van der Waals surface area contributed by atoms with E-state index in [4.69, 9.17) is 5.11 Å². The molecule has 3 nitrogen and oxygen atoms in total. The Hall–Kier alpha value is -1.22. The molecule has 0 aromatic carbocycles. The number of hydrogen-bond acceptors (Lipinski definition) is 3. The largest absolute Gasteiger partial charge is 0.396 e. The Balaban J connectivity index is 2.74. The molecule has 0 aliphatic rings. The molecule has 0 fully saturated rings. The molecule has 82 valence electrons. The summed E-state index contributed by atoms with van der Waals surface area (Å²) >= 11 is 0. The van der Waals surface area contributed by atoms with E-state index in [1.54, 1.807) is 13.1 Å². The summed E-state index contributed by atoms with van der Waals surface area (Å²) in [7, 11) is 0. The van der Waals surface area contributed by atoms with Crippen LogP contribution < -0.4 is 0 Å². The Bertz CT molecular complexity index is 336. The second-order valence-corrected chi connectivity index (χ2v) is 3.79. The molecule has 0 amide bonds. The van der Waals surface area contributed by atoms with Crippen molar-refractivity contribution in [3.63, 3.8) is 0 Å². The molecule has 0 aliphatic heterocycles. The van der Waals surface area contributed by atoms with Gasteiger partial charge in [0.2, 0.25) is 0 Å². The fourth-order valence-electron chi connectivity index (χ4n) is 1.57. The van der Waals surface area contributed by atoms with E-state index in [-0.39, 0.29) is 18.3 Å².